The molecule has 2 unspecified atom stereocenters. The lowest BCUT2D eigenvalue weighted by molar-refractivity contribution is 0.351. The summed E-state index contributed by atoms with van der Waals surface area (Å²) in [6.07, 6.45) is 7.05. The van der Waals surface area contributed by atoms with Crippen molar-refractivity contribution in [3.63, 3.8) is 0 Å². The average molecular weight is 235 g/mol. The topological polar surface area (TPSA) is 26.0 Å². The van der Waals surface area contributed by atoms with Gasteiger partial charge in [-0.1, -0.05) is 43.5 Å². The molecule has 0 radical (unpaired) electrons. The zero-order chi connectivity index (χ0) is 11.4. The summed E-state index contributed by atoms with van der Waals surface area (Å²) in [4.78, 5) is 0. The molecule has 0 amide bonds. The van der Waals surface area contributed by atoms with E-state index in [1.165, 1.54) is 43.2 Å². The van der Waals surface area contributed by atoms with Crippen molar-refractivity contribution in [2.75, 3.05) is 0 Å². The molecule has 88 valence electrons. The van der Waals surface area contributed by atoms with E-state index in [1.807, 2.05) is 0 Å². The second kappa shape index (κ2) is 5.80. The van der Waals surface area contributed by atoms with Crippen molar-refractivity contribution in [2.45, 2.75) is 44.3 Å². The van der Waals surface area contributed by atoms with Crippen molar-refractivity contribution in [1.82, 2.24) is 0 Å². The van der Waals surface area contributed by atoms with Crippen LogP contribution in [0.15, 0.2) is 24.3 Å². The van der Waals surface area contributed by atoms with Crippen molar-refractivity contribution in [2.24, 2.45) is 11.7 Å². The van der Waals surface area contributed by atoms with Crippen LogP contribution in [0.25, 0.3) is 0 Å². The molecule has 0 saturated heterocycles. The summed E-state index contributed by atoms with van der Waals surface area (Å²) in [6.45, 7) is 0.644. The van der Waals surface area contributed by atoms with E-state index >= 15 is 0 Å². The molecule has 0 aromatic heterocycles. The summed E-state index contributed by atoms with van der Waals surface area (Å²) < 4.78 is 0. The Hall–Kier alpha value is -0.390. The Kier molecular flexibility index (Phi) is 4.37. The van der Waals surface area contributed by atoms with Gasteiger partial charge in [0, 0.05) is 12.2 Å². The third kappa shape index (κ3) is 2.84. The molecule has 2 atom stereocenters. The Balaban J connectivity index is 2.04. The highest BCUT2D eigenvalue weighted by Gasteiger charge is 2.21. The van der Waals surface area contributed by atoms with Crippen LogP contribution in [0, 0.1) is 5.92 Å². The van der Waals surface area contributed by atoms with Gasteiger partial charge in [0.2, 0.25) is 0 Å². The lowest BCUT2D eigenvalue weighted by Gasteiger charge is -2.27. The first kappa shape index (κ1) is 12.1. The maximum Gasteiger partial charge on any atom is 0.0178 e. The molecule has 1 aromatic rings. The third-order valence-corrected chi connectivity index (χ3v) is 4.69. The Morgan fingerprint density at radius 2 is 1.75 bits per heavy atom. The molecule has 1 saturated carbocycles. The molecule has 1 aliphatic rings. The van der Waals surface area contributed by atoms with Crippen molar-refractivity contribution < 1.29 is 0 Å². The summed E-state index contributed by atoms with van der Waals surface area (Å²) in [5.74, 6) is 0.863. The normalized spacial score (nSPS) is 19.6. The molecule has 0 heterocycles. The van der Waals surface area contributed by atoms with E-state index in [-0.39, 0.29) is 0 Å². The fourth-order valence-corrected chi connectivity index (χ4v) is 3.25. The third-order valence-electron chi connectivity index (χ3n) is 3.76. The first-order valence-corrected chi connectivity index (χ1v) is 7.02. The van der Waals surface area contributed by atoms with Crippen molar-refractivity contribution in [3.8, 4) is 0 Å². The molecule has 1 aromatic carbocycles. The van der Waals surface area contributed by atoms with E-state index in [1.54, 1.807) is 0 Å². The lowest BCUT2D eigenvalue weighted by Crippen LogP contribution is -2.11. The summed E-state index contributed by atoms with van der Waals surface area (Å²) in [6, 6.07) is 8.81. The van der Waals surface area contributed by atoms with Gasteiger partial charge < -0.3 is 5.73 Å². The molecule has 0 bridgehead atoms. The van der Waals surface area contributed by atoms with Gasteiger partial charge in [0.25, 0.3) is 0 Å². The molecular formula is C14H22NP. The highest BCUT2D eigenvalue weighted by molar-refractivity contribution is 7.17. The van der Waals surface area contributed by atoms with Gasteiger partial charge >= 0.3 is 0 Å². The maximum absolute atomic E-state index is 5.61. The zero-order valence-corrected chi connectivity index (χ0v) is 11.0. The number of rotatable bonds is 3. The van der Waals surface area contributed by atoms with E-state index in [4.69, 9.17) is 5.73 Å². The Bertz CT molecular complexity index is 314. The SMILES string of the molecule is NCc1ccc(C(P)C2CCCCC2)cc1. The molecule has 2 rings (SSSR count). The Labute approximate surface area is 101 Å². The largest absolute Gasteiger partial charge is 0.326 e. The van der Waals surface area contributed by atoms with Gasteiger partial charge in [-0.25, -0.2) is 0 Å². The number of hydrogen-bond donors (Lipinski definition) is 1. The van der Waals surface area contributed by atoms with Gasteiger partial charge in [-0.2, -0.15) is 0 Å². The van der Waals surface area contributed by atoms with Crippen LogP contribution < -0.4 is 5.73 Å². The fraction of sp³-hybridized carbons (Fsp3) is 0.571. The summed E-state index contributed by atoms with van der Waals surface area (Å²) >= 11 is 0. The van der Waals surface area contributed by atoms with Gasteiger partial charge in [-0.3, -0.25) is 0 Å². The predicted octanol–water partition coefficient (Wildman–Crippen LogP) is 3.64. The monoisotopic (exact) mass is 235 g/mol. The van der Waals surface area contributed by atoms with Crippen LogP contribution in [0.5, 0.6) is 0 Å². The van der Waals surface area contributed by atoms with Gasteiger partial charge in [-0.05, 0) is 29.9 Å². The first-order valence-electron chi connectivity index (χ1n) is 6.36. The van der Waals surface area contributed by atoms with Gasteiger partial charge in [0.05, 0.1) is 0 Å². The highest BCUT2D eigenvalue weighted by Crippen LogP contribution is 2.40. The van der Waals surface area contributed by atoms with E-state index in [9.17, 15) is 0 Å². The second-order valence-electron chi connectivity index (χ2n) is 4.87. The lowest BCUT2D eigenvalue weighted by atomic mass is 9.84. The molecule has 1 nitrogen and oxygen atoms in total. The average Bonchev–Trinajstić information content (AvgIpc) is 2.39. The van der Waals surface area contributed by atoms with Crippen LogP contribution in [0.2, 0.25) is 0 Å². The molecule has 16 heavy (non-hydrogen) atoms. The van der Waals surface area contributed by atoms with Crippen molar-refractivity contribution in [3.05, 3.63) is 35.4 Å². The van der Waals surface area contributed by atoms with E-state index in [2.05, 4.69) is 33.5 Å². The summed E-state index contributed by atoms with van der Waals surface area (Å²) in [7, 11) is 3.04. The minimum absolute atomic E-state index is 0.632. The van der Waals surface area contributed by atoms with Crippen LogP contribution >= 0.6 is 9.24 Å². The predicted molar refractivity (Wildman–Crippen MR) is 73.4 cm³/mol. The standard InChI is InChI=1S/C14H22NP/c15-10-11-6-8-13(9-7-11)14(16)12-4-2-1-3-5-12/h6-9,12,14H,1-5,10,15-16H2. The quantitative estimate of drug-likeness (QED) is 0.795. The zero-order valence-electron chi connectivity index (χ0n) is 9.86. The van der Waals surface area contributed by atoms with Gasteiger partial charge in [0.1, 0.15) is 0 Å². The van der Waals surface area contributed by atoms with Crippen molar-refractivity contribution in [1.29, 1.82) is 0 Å². The maximum atomic E-state index is 5.61. The van der Waals surface area contributed by atoms with Crippen molar-refractivity contribution >= 4 is 9.24 Å². The van der Waals surface area contributed by atoms with Crippen LogP contribution in [0.1, 0.15) is 48.9 Å². The number of hydrogen-bond acceptors (Lipinski definition) is 1. The molecule has 2 N–H and O–H groups in total. The minimum Gasteiger partial charge on any atom is -0.326 e. The molecule has 1 fully saturated rings. The molecule has 0 spiro atoms. The first-order chi connectivity index (χ1) is 7.81. The Morgan fingerprint density at radius 1 is 1.12 bits per heavy atom. The molecular weight excluding hydrogens is 213 g/mol. The highest BCUT2D eigenvalue weighted by atomic mass is 31.0. The summed E-state index contributed by atoms with van der Waals surface area (Å²) in [5.41, 5.74) is 8.92. The van der Waals surface area contributed by atoms with Crippen LogP contribution in [-0.2, 0) is 6.54 Å². The van der Waals surface area contributed by atoms with E-state index < -0.39 is 0 Å². The molecule has 0 aliphatic heterocycles. The van der Waals surface area contributed by atoms with E-state index in [0.717, 1.165) is 5.92 Å². The molecule has 1 aliphatic carbocycles. The molecule has 2 heteroatoms. The fourth-order valence-electron chi connectivity index (χ4n) is 2.64. The van der Waals surface area contributed by atoms with Crippen LogP contribution in [-0.4, -0.2) is 0 Å². The number of nitrogens with two attached hydrogens (primary N) is 1. The second-order valence-corrected chi connectivity index (χ2v) is 5.59. The summed E-state index contributed by atoms with van der Waals surface area (Å²) in [5, 5.41) is 0. The van der Waals surface area contributed by atoms with Gasteiger partial charge in [0.15, 0.2) is 0 Å². The Morgan fingerprint density at radius 3 is 2.31 bits per heavy atom. The van der Waals surface area contributed by atoms with E-state index in [0.29, 0.717) is 12.2 Å². The smallest absolute Gasteiger partial charge is 0.0178 e. The van der Waals surface area contributed by atoms with Gasteiger partial charge in [-0.15, -0.1) is 9.24 Å². The minimum atomic E-state index is 0.632. The number of benzene rings is 1. The van der Waals surface area contributed by atoms with Crippen LogP contribution in [0.4, 0.5) is 0 Å². The van der Waals surface area contributed by atoms with Crippen LogP contribution in [0.3, 0.4) is 0 Å².